The van der Waals surface area contributed by atoms with Crippen LogP contribution in [0.15, 0.2) is 66.1 Å². The van der Waals surface area contributed by atoms with Gasteiger partial charge in [-0.25, -0.2) is 4.98 Å². The fraction of sp³-hybridized carbons (Fsp3) is 0.136. The van der Waals surface area contributed by atoms with Gasteiger partial charge < -0.3 is 10.3 Å². The van der Waals surface area contributed by atoms with E-state index in [9.17, 15) is 4.79 Å². The van der Waals surface area contributed by atoms with E-state index in [2.05, 4.69) is 37.6 Å². The summed E-state index contributed by atoms with van der Waals surface area (Å²) in [6, 6.07) is 9.76. The first-order chi connectivity index (χ1) is 14.3. The number of amides is 1. The number of pyridine rings is 1. The van der Waals surface area contributed by atoms with Gasteiger partial charge in [0.1, 0.15) is 5.65 Å². The van der Waals surface area contributed by atoms with Crippen LogP contribution in [0.1, 0.15) is 16.8 Å². The van der Waals surface area contributed by atoms with E-state index in [4.69, 9.17) is 0 Å². The molecule has 6 nitrogen and oxygen atoms in total. The zero-order chi connectivity index (χ0) is 19.6. The van der Waals surface area contributed by atoms with Crippen molar-refractivity contribution >= 4 is 28.7 Å². The fourth-order valence-electron chi connectivity index (χ4n) is 3.47. The van der Waals surface area contributed by atoms with Crippen LogP contribution in [0.2, 0.25) is 0 Å². The number of benzene rings is 1. The van der Waals surface area contributed by atoms with E-state index < -0.39 is 0 Å². The lowest BCUT2D eigenvalue weighted by atomic mass is 10.0. The Labute approximate surface area is 171 Å². The van der Waals surface area contributed by atoms with Crippen molar-refractivity contribution in [2.75, 3.05) is 12.3 Å². The number of hydrogen-bond donors (Lipinski definition) is 3. The minimum atomic E-state index is -0.0496. The Bertz CT molecular complexity index is 1190. The maximum absolute atomic E-state index is 12.4. The van der Waals surface area contributed by atoms with E-state index in [1.807, 2.05) is 54.6 Å². The lowest BCUT2D eigenvalue weighted by Gasteiger charge is -2.07. The van der Waals surface area contributed by atoms with Crippen molar-refractivity contribution in [3.8, 4) is 22.3 Å². The van der Waals surface area contributed by atoms with E-state index in [0.717, 1.165) is 45.5 Å². The zero-order valence-electron chi connectivity index (χ0n) is 15.6. The van der Waals surface area contributed by atoms with Crippen LogP contribution in [0, 0.1) is 0 Å². The van der Waals surface area contributed by atoms with Crippen molar-refractivity contribution in [3.63, 3.8) is 0 Å². The van der Waals surface area contributed by atoms with Crippen LogP contribution in [-0.2, 0) is 0 Å². The molecule has 5 rings (SSSR count). The molecule has 7 heteroatoms. The van der Waals surface area contributed by atoms with Gasteiger partial charge in [-0.05, 0) is 30.2 Å². The molecule has 0 unspecified atom stereocenters. The molecule has 0 aliphatic carbocycles. The van der Waals surface area contributed by atoms with Crippen molar-refractivity contribution in [2.24, 2.45) is 0 Å². The number of thioether (sulfide) groups is 1. The van der Waals surface area contributed by atoms with Crippen LogP contribution in [0.3, 0.4) is 0 Å². The first kappa shape index (κ1) is 17.8. The van der Waals surface area contributed by atoms with Crippen LogP contribution in [0.5, 0.6) is 0 Å². The number of carbonyl (C=O) groups excluding carboxylic acids is 1. The third-order valence-corrected chi connectivity index (χ3v) is 6.14. The van der Waals surface area contributed by atoms with E-state index in [0.29, 0.717) is 12.1 Å². The van der Waals surface area contributed by atoms with Gasteiger partial charge in [0.15, 0.2) is 0 Å². The molecule has 3 N–H and O–H groups in total. The van der Waals surface area contributed by atoms with Crippen molar-refractivity contribution in [3.05, 3.63) is 71.7 Å². The van der Waals surface area contributed by atoms with Crippen molar-refractivity contribution in [2.45, 2.75) is 6.42 Å². The summed E-state index contributed by atoms with van der Waals surface area (Å²) in [5.41, 5.74) is 5.58. The number of carbonyl (C=O) groups is 1. The van der Waals surface area contributed by atoms with Crippen molar-refractivity contribution < 1.29 is 4.79 Å². The number of fused-ring (bicyclic) bond motifs is 1. The van der Waals surface area contributed by atoms with Gasteiger partial charge in [-0.15, -0.1) is 11.8 Å². The molecule has 1 aliphatic rings. The average Bonchev–Trinajstić information content (AvgIpc) is 3.53. The maximum atomic E-state index is 12.4. The van der Waals surface area contributed by atoms with Gasteiger partial charge in [0, 0.05) is 63.4 Å². The van der Waals surface area contributed by atoms with Crippen LogP contribution in [0.4, 0.5) is 0 Å². The highest BCUT2D eigenvalue weighted by Gasteiger charge is 2.12. The van der Waals surface area contributed by atoms with Gasteiger partial charge in [0.05, 0.1) is 6.20 Å². The Morgan fingerprint density at radius 2 is 2.00 bits per heavy atom. The summed E-state index contributed by atoms with van der Waals surface area (Å²) < 4.78 is 0. The summed E-state index contributed by atoms with van der Waals surface area (Å²) >= 11 is 1.81. The molecule has 144 valence electrons. The number of H-pyrrole nitrogens is 2. The second kappa shape index (κ2) is 7.60. The molecular formula is C22H19N5OS. The smallest absolute Gasteiger partial charge is 0.251 e. The number of allylic oxidation sites excluding steroid dienone is 1. The summed E-state index contributed by atoms with van der Waals surface area (Å²) in [5, 5.41) is 10.9. The van der Waals surface area contributed by atoms with Crippen molar-refractivity contribution in [1.29, 1.82) is 0 Å². The second-order valence-corrected chi connectivity index (χ2v) is 8.10. The number of rotatable bonds is 5. The highest BCUT2D eigenvalue weighted by atomic mass is 32.2. The number of nitrogens with one attached hydrogen (secondary N) is 3. The normalized spacial score (nSPS) is 13.6. The van der Waals surface area contributed by atoms with Crippen LogP contribution >= 0.6 is 11.8 Å². The quantitative estimate of drug-likeness (QED) is 0.463. The molecule has 1 aromatic carbocycles. The van der Waals surface area contributed by atoms with E-state index in [1.165, 1.54) is 4.91 Å². The number of aromatic nitrogens is 4. The van der Waals surface area contributed by atoms with E-state index in [1.54, 1.807) is 6.20 Å². The molecule has 3 aromatic heterocycles. The molecule has 1 amide bonds. The zero-order valence-corrected chi connectivity index (χ0v) is 16.4. The molecular weight excluding hydrogens is 382 g/mol. The maximum Gasteiger partial charge on any atom is 0.251 e. The fourth-order valence-corrected chi connectivity index (χ4v) is 4.38. The number of nitrogens with zero attached hydrogens (tertiary/aromatic N) is 2. The van der Waals surface area contributed by atoms with Gasteiger partial charge in [-0.3, -0.25) is 9.89 Å². The monoisotopic (exact) mass is 401 g/mol. The lowest BCUT2D eigenvalue weighted by Crippen LogP contribution is -2.24. The first-order valence-electron chi connectivity index (χ1n) is 9.45. The molecule has 0 saturated heterocycles. The van der Waals surface area contributed by atoms with Gasteiger partial charge in [-0.1, -0.05) is 18.2 Å². The van der Waals surface area contributed by atoms with Gasteiger partial charge in [-0.2, -0.15) is 5.10 Å². The van der Waals surface area contributed by atoms with Gasteiger partial charge >= 0.3 is 0 Å². The SMILES string of the molecule is O=C(NCC1=CCCS1)c1ccc(-c2cnc3[nH]cc(-c4cn[nH]c4)c3c2)cc1. The predicted molar refractivity (Wildman–Crippen MR) is 117 cm³/mol. The Morgan fingerprint density at radius 1 is 1.10 bits per heavy atom. The Balaban J connectivity index is 1.37. The summed E-state index contributed by atoms with van der Waals surface area (Å²) in [6.45, 7) is 0.607. The van der Waals surface area contributed by atoms with Crippen molar-refractivity contribution in [1.82, 2.24) is 25.5 Å². The summed E-state index contributed by atoms with van der Waals surface area (Å²) in [7, 11) is 0. The summed E-state index contributed by atoms with van der Waals surface area (Å²) in [4.78, 5) is 21.4. The Kier molecular flexibility index (Phi) is 4.65. The largest absolute Gasteiger partial charge is 0.347 e. The van der Waals surface area contributed by atoms with Gasteiger partial charge in [0.2, 0.25) is 0 Å². The molecule has 29 heavy (non-hydrogen) atoms. The van der Waals surface area contributed by atoms with Crippen LogP contribution in [0.25, 0.3) is 33.3 Å². The highest BCUT2D eigenvalue weighted by molar-refractivity contribution is 8.03. The third-order valence-electron chi connectivity index (χ3n) is 5.02. The lowest BCUT2D eigenvalue weighted by molar-refractivity contribution is 0.0957. The molecule has 0 radical (unpaired) electrons. The predicted octanol–water partition coefficient (Wildman–Crippen LogP) is 4.37. The number of hydrogen-bond acceptors (Lipinski definition) is 4. The minimum absolute atomic E-state index is 0.0496. The summed E-state index contributed by atoms with van der Waals surface area (Å²) in [5.74, 6) is 1.06. The van der Waals surface area contributed by atoms with Crippen LogP contribution in [-0.4, -0.2) is 38.4 Å². The Morgan fingerprint density at radius 3 is 2.76 bits per heavy atom. The van der Waals surface area contributed by atoms with E-state index >= 15 is 0 Å². The molecule has 0 saturated carbocycles. The highest BCUT2D eigenvalue weighted by Crippen LogP contribution is 2.30. The summed E-state index contributed by atoms with van der Waals surface area (Å²) in [6.07, 6.45) is 10.7. The molecule has 0 bridgehead atoms. The topological polar surface area (TPSA) is 86.5 Å². The molecule has 4 heterocycles. The average molecular weight is 401 g/mol. The standard InChI is InChI=1S/C22H19N5OS/c28-22(25-12-18-2-1-7-29-18)15-5-3-14(4-6-15)16-8-19-20(17-10-26-27-11-17)13-24-21(19)23-9-16/h2-6,8-11,13H,1,7,12H2,(H,23,24)(H,25,28)(H,26,27). The van der Waals surface area contributed by atoms with E-state index in [-0.39, 0.29) is 5.91 Å². The Hall–Kier alpha value is -3.32. The minimum Gasteiger partial charge on any atom is -0.347 e. The van der Waals surface area contributed by atoms with Crippen LogP contribution < -0.4 is 5.32 Å². The molecule has 0 spiro atoms. The molecule has 0 fully saturated rings. The third kappa shape index (κ3) is 3.56. The molecule has 1 aliphatic heterocycles. The molecule has 4 aromatic rings. The van der Waals surface area contributed by atoms with Gasteiger partial charge in [0.25, 0.3) is 5.91 Å². The first-order valence-corrected chi connectivity index (χ1v) is 10.4. The number of aromatic amines is 2. The molecule has 0 atom stereocenters. The second-order valence-electron chi connectivity index (χ2n) is 6.88.